The number of hydrogen-bond acceptors (Lipinski definition) is 2. The average molecular weight is 327 g/mol. The standard InChI is InChI=1S/C15H16Cl2N2O2/c16-9-3-4-11-10(7-9)12(17)13(18-11)14(21)19-15(8-20)5-1-2-6-15/h3-4,7,18,20H,1-2,5-6,8H2,(H,19,21). The predicted molar refractivity (Wildman–Crippen MR) is 84.1 cm³/mol. The molecule has 21 heavy (non-hydrogen) atoms. The van der Waals surface area contributed by atoms with Crippen LogP contribution in [-0.2, 0) is 0 Å². The van der Waals surface area contributed by atoms with Gasteiger partial charge in [-0.25, -0.2) is 0 Å². The van der Waals surface area contributed by atoms with Crippen molar-refractivity contribution in [2.24, 2.45) is 0 Å². The molecule has 0 aliphatic heterocycles. The Balaban J connectivity index is 1.93. The molecule has 1 fully saturated rings. The monoisotopic (exact) mass is 326 g/mol. The van der Waals surface area contributed by atoms with Crippen molar-refractivity contribution >= 4 is 40.0 Å². The van der Waals surface area contributed by atoms with Crippen LogP contribution in [-0.4, -0.2) is 28.1 Å². The van der Waals surface area contributed by atoms with Crippen molar-refractivity contribution in [1.29, 1.82) is 0 Å². The Labute approximate surface area is 132 Å². The van der Waals surface area contributed by atoms with E-state index in [2.05, 4.69) is 10.3 Å². The average Bonchev–Trinajstić information content (AvgIpc) is 3.05. The van der Waals surface area contributed by atoms with Crippen molar-refractivity contribution in [2.75, 3.05) is 6.61 Å². The van der Waals surface area contributed by atoms with E-state index in [9.17, 15) is 9.90 Å². The third-order valence-electron chi connectivity index (χ3n) is 4.17. The summed E-state index contributed by atoms with van der Waals surface area (Å²) in [6, 6.07) is 5.26. The van der Waals surface area contributed by atoms with E-state index in [0.717, 1.165) is 36.6 Å². The summed E-state index contributed by atoms with van der Waals surface area (Å²) in [4.78, 5) is 15.5. The molecule has 3 N–H and O–H groups in total. The molecule has 0 saturated heterocycles. The Kier molecular flexibility index (Phi) is 3.86. The Morgan fingerprint density at radius 3 is 2.71 bits per heavy atom. The van der Waals surface area contributed by atoms with E-state index in [4.69, 9.17) is 23.2 Å². The predicted octanol–water partition coefficient (Wildman–Crippen LogP) is 3.51. The number of carbonyl (C=O) groups is 1. The van der Waals surface area contributed by atoms with Crippen LogP contribution in [0.4, 0.5) is 0 Å². The van der Waals surface area contributed by atoms with E-state index < -0.39 is 5.54 Å². The number of amides is 1. The highest BCUT2D eigenvalue weighted by Crippen LogP contribution is 2.32. The van der Waals surface area contributed by atoms with Crippen LogP contribution in [0, 0.1) is 0 Å². The molecule has 1 aliphatic carbocycles. The highest BCUT2D eigenvalue weighted by molar-refractivity contribution is 6.39. The number of carbonyl (C=O) groups excluding carboxylic acids is 1. The second kappa shape index (κ2) is 5.52. The van der Waals surface area contributed by atoms with Gasteiger partial charge in [0.25, 0.3) is 5.91 Å². The van der Waals surface area contributed by atoms with E-state index in [0.29, 0.717) is 15.7 Å². The first-order valence-electron chi connectivity index (χ1n) is 6.95. The fourth-order valence-electron chi connectivity index (χ4n) is 2.97. The molecule has 0 unspecified atom stereocenters. The molecule has 1 aromatic heterocycles. The molecule has 0 radical (unpaired) electrons. The number of aromatic nitrogens is 1. The Morgan fingerprint density at radius 1 is 1.33 bits per heavy atom. The minimum Gasteiger partial charge on any atom is -0.394 e. The van der Waals surface area contributed by atoms with Gasteiger partial charge in [-0.15, -0.1) is 0 Å². The largest absolute Gasteiger partial charge is 0.394 e. The van der Waals surface area contributed by atoms with Crippen molar-refractivity contribution in [3.8, 4) is 0 Å². The lowest BCUT2D eigenvalue weighted by atomic mass is 9.99. The number of nitrogens with one attached hydrogen (secondary N) is 2. The molecular formula is C15H16Cl2N2O2. The topological polar surface area (TPSA) is 65.1 Å². The van der Waals surface area contributed by atoms with E-state index in [1.165, 1.54) is 0 Å². The number of halogens is 2. The number of aliphatic hydroxyl groups excluding tert-OH is 1. The fourth-order valence-corrected chi connectivity index (χ4v) is 3.43. The summed E-state index contributed by atoms with van der Waals surface area (Å²) in [5.41, 5.74) is 0.558. The van der Waals surface area contributed by atoms with Crippen LogP contribution >= 0.6 is 23.2 Å². The van der Waals surface area contributed by atoms with Crippen LogP contribution in [0.1, 0.15) is 36.2 Å². The lowest BCUT2D eigenvalue weighted by Crippen LogP contribution is -2.49. The van der Waals surface area contributed by atoms with Gasteiger partial charge in [0.05, 0.1) is 17.2 Å². The second-order valence-corrected chi connectivity index (χ2v) is 6.42. The second-order valence-electron chi connectivity index (χ2n) is 5.60. The highest BCUT2D eigenvalue weighted by Gasteiger charge is 2.35. The van der Waals surface area contributed by atoms with E-state index >= 15 is 0 Å². The molecule has 1 amide bonds. The quantitative estimate of drug-likeness (QED) is 0.808. The summed E-state index contributed by atoms with van der Waals surface area (Å²) in [5.74, 6) is -0.289. The van der Waals surface area contributed by atoms with Crippen molar-refractivity contribution in [3.05, 3.63) is 33.9 Å². The summed E-state index contributed by atoms with van der Waals surface area (Å²) in [6.45, 7) is -0.0532. The van der Waals surface area contributed by atoms with Gasteiger partial charge in [0, 0.05) is 15.9 Å². The van der Waals surface area contributed by atoms with Gasteiger partial charge in [-0.05, 0) is 31.0 Å². The van der Waals surface area contributed by atoms with Crippen molar-refractivity contribution in [3.63, 3.8) is 0 Å². The van der Waals surface area contributed by atoms with Crippen LogP contribution in [0.15, 0.2) is 18.2 Å². The van der Waals surface area contributed by atoms with Gasteiger partial charge in [0.15, 0.2) is 0 Å². The van der Waals surface area contributed by atoms with E-state index in [-0.39, 0.29) is 12.5 Å². The summed E-state index contributed by atoms with van der Waals surface area (Å²) in [7, 11) is 0. The van der Waals surface area contributed by atoms with Gasteiger partial charge in [-0.2, -0.15) is 0 Å². The Hall–Kier alpha value is -1.23. The van der Waals surface area contributed by atoms with Gasteiger partial charge in [0.1, 0.15) is 5.69 Å². The molecular weight excluding hydrogens is 311 g/mol. The molecule has 1 aliphatic rings. The molecule has 4 nitrogen and oxygen atoms in total. The smallest absolute Gasteiger partial charge is 0.269 e. The van der Waals surface area contributed by atoms with Gasteiger partial charge in [-0.1, -0.05) is 36.0 Å². The molecule has 0 atom stereocenters. The van der Waals surface area contributed by atoms with E-state index in [1.54, 1.807) is 18.2 Å². The third-order valence-corrected chi connectivity index (χ3v) is 4.79. The minimum atomic E-state index is -0.519. The lowest BCUT2D eigenvalue weighted by molar-refractivity contribution is 0.0834. The molecule has 6 heteroatoms. The maximum absolute atomic E-state index is 12.5. The number of rotatable bonds is 3. The maximum atomic E-state index is 12.5. The van der Waals surface area contributed by atoms with Crippen LogP contribution in [0.3, 0.4) is 0 Å². The molecule has 1 aromatic carbocycles. The van der Waals surface area contributed by atoms with Gasteiger partial charge < -0.3 is 15.4 Å². The molecule has 1 heterocycles. The van der Waals surface area contributed by atoms with Crippen molar-refractivity contribution < 1.29 is 9.90 Å². The van der Waals surface area contributed by atoms with Gasteiger partial charge >= 0.3 is 0 Å². The van der Waals surface area contributed by atoms with Gasteiger partial charge in [0.2, 0.25) is 0 Å². The normalized spacial score (nSPS) is 17.3. The summed E-state index contributed by atoms with van der Waals surface area (Å²) in [6.07, 6.45) is 3.60. The number of aromatic amines is 1. The number of fused-ring (bicyclic) bond motifs is 1. The zero-order valence-corrected chi connectivity index (χ0v) is 12.9. The number of hydrogen-bond donors (Lipinski definition) is 3. The molecule has 112 valence electrons. The van der Waals surface area contributed by atoms with Crippen LogP contribution in [0.5, 0.6) is 0 Å². The van der Waals surface area contributed by atoms with Crippen molar-refractivity contribution in [1.82, 2.24) is 10.3 Å². The lowest BCUT2D eigenvalue weighted by Gasteiger charge is -2.27. The highest BCUT2D eigenvalue weighted by atomic mass is 35.5. The zero-order valence-electron chi connectivity index (χ0n) is 11.4. The minimum absolute atomic E-state index is 0.0532. The maximum Gasteiger partial charge on any atom is 0.269 e. The van der Waals surface area contributed by atoms with Crippen LogP contribution in [0.2, 0.25) is 10.0 Å². The number of H-pyrrole nitrogens is 1. The van der Waals surface area contributed by atoms with Crippen LogP contribution < -0.4 is 5.32 Å². The third kappa shape index (κ3) is 2.63. The molecule has 3 rings (SSSR count). The van der Waals surface area contributed by atoms with Gasteiger partial charge in [-0.3, -0.25) is 4.79 Å². The first-order chi connectivity index (χ1) is 10.0. The van der Waals surface area contributed by atoms with E-state index in [1.807, 2.05) is 0 Å². The molecule has 0 bridgehead atoms. The molecule has 0 spiro atoms. The summed E-state index contributed by atoms with van der Waals surface area (Å²) < 4.78 is 0. The zero-order chi connectivity index (χ0) is 15.0. The van der Waals surface area contributed by atoms with Crippen molar-refractivity contribution in [2.45, 2.75) is 31.2 Å². The Morgan fingerprint density at radius 2 is 2.05 bits per heavy atom. The molecule has 1 saturated carbocycles. The SMILES string of the molecule is O=C(NC1(CO)CCCC1)c1[nH]c2ccc(Cl)cc2c1Cl. The number of aliphatic hydroxyl groups is 1. The fraction of sp³-hybridized carbons (Fsp3) is 0.400. The first-order valence-corrected chi connectivity index (χ1v) is 7.70. The summed E-state index contributed by atoms with van der Waals surface area (Å²) in [5, 5.41) is 14.2. The first kappa shape index (κ1) is 14.7. The summed E-state index contributed by atoms with van der Waals surface area (Å²) >= 11 is 12.2. The Bertz CT molecular complexity index is 690. The molecule has 2 aromatic rings. The number of benzene rings is 1. The van der Waals surface area contributed by atoms with Crippen LogP contribution in [0.25, 0.3) is 10.9 Å².